The SMILES string of the molecule is c1ccc(-c2nc3c(ccc4c(N(c5ccccc5)c5ccccc5)cc(N(c5ccccc5)c5ccc6ccccc6c5)cc43)o2)cc1. The second-order valence-corrected chi connectivity index (χ2v) is 12.1. The van der Waals surface area contributed by atoms with E-state index in [-0.39, 0.29) is 0 Å². The van der Waals surface area contributed by atoms with E-state index in [4.69, 9.17) is 9.40 Å². The van der Waals surface area contributed by atoms with Crippen LogP contribution in [0.3, 0.4) is 0 Å². The Morgan fingerprint density at radius 1 is 0.388 bits per heavy atom. The van der Waals surface area contributed by atoms with Crippen molar-refractivity contribution in [1.29, 1.82) is 0 Å². The normalized spacial score (nSPS) is 11.3. The van der Waals surface area contributed by atoms with Crippen molar-refractivity contribution in [3.05, 3.63) is 188 Å². The number of nitrogens with zero attached hydrogens (tertiary/aromatic N) is 3. The predicted molar refractivity (Wildman–Crippen MR) is 204 cm³/mol. The number of hydrogen-bond donors (Lipinski definition) is 0. The second-order valence-electron chi connectivity index (χ2n) is 12.1. The summed E-state index contributed by atoms with van der Waals surface area (Å²) in [5, 5.41) is 4.47. The molecule has 0 amide bonds. The molecule has 0 saturated heterocycles. The third-order valence-electron chi connectivity index (χ3n) is 9.01. The summed E-state index contributed by atoms with van der Waals surface area (Å²) in [6, 6.07) is 65.7. The molecule has 0 fully saturated rings. The first kappa shape index (κ1) is 28.6. The molecule has 49 heavy (non-hydrogen) atoms. The predicted octanol–water partition coefficient (Wildman–Crippen LogP) is 12.7. The van der Waals surface area contributed by atoms with Crippen LogP contribution in [0.25, 0.3) is 44.1 Å². The first-order valence-electron chi connectivity index (χ1n) is 16.5. The van der Waals surface area contributed by atoms with Crippen molar-refractivity contribution in [2.75, 3.05) is 9.80 Å². The maximum absolute atomic E-state index is 6.41. The number of oxazole rings is 1. The summed E-state index contributed by atoms with van der Waals surface area (Å²) in [4.78, 5) is 9.81. The zero-order valence-electron chi connectivity index (χ0n) is 26.6. The van der Waals surface area contributed by atoms with E-state index in [0.717, 1.165) is 61.6 Å². The van der Waals surface area contributed by atoms with E-state index in [1.165, 1.54) is 10.8 Å². The van der Waals surface area contributed by atoms with Crippen molar-refractivity contribution < 1.29 is 4.42 Å². The summed E-state index contributed by atoms with van der Waals surface area (Å²) in [5.74, 6) is 0.604. The molecule has 0 bridgehead atoms. The van der Waals surface area contributed by atoms with Gasteiger partial charge >= 0.3 is 0 Å². The van der Waals surface area contributed by atoms with Gasteiger partial charge in [0.1, 0.15) is 5.52 Å². The Morgan fingerprint density at radius 2 is 0.959 bits per heavy atom. The minimum absolute atomic E-state index is 0.604. The molecule has 0 unspecified atom stereocenters. The molecule has 1 aromatic heterocycles. The van der Waals surface area contributed by atoms with Crippen molar-refractivity contribution in [3.8, 4) is 11.5 Å². The monoisotopic (exact) mass is 629 g/mol. The molecule has 1 heterocycles. The van der Waals surface area contributed by atoms with E-state index in [0.29, 0.717) is 5.89 Å². The summed E-state index contributed by atoms with van der Waals surface area (Å²) in [6.07, 6.45) is 0. The lowest BCUT2D eigenvalue weighted by atomic mass is 10.0. The van der Waals surface area contributed by atoms with Crippen LogP contribution in [0.5, 0.6) is 0 Å². The third-order valence-corrected chi connectivity index (χ3v) is 9.01. The number of rotatable bonds is 7. The van der Waals surface area contributed by atoms with Crippen molar-refractivity contribution in [1.82, 2.24) is 4.98 Å². The zero-order chi connectivity index (χ0) is 32.6. The van der Waals surface area contributed by atoms with Crippen LogP contribution in [0.15, 0.2) is 192 Å². The Morgan fingerprint density at radius 3 is 1.61 bits per heavy atom. The number of aromatic nitrogens is 1. The Balaban J connectivity index is 1.37. The molecular weight excluding hydrogens is 599 g/mol. The van der Waals surface area contributed by atoms with Gasteiger partial charge in [0.2, 0.25) is 5.89 Å². The first-order valence-corrected chi connectivity index (χ1v) is 16.5. The van der Waals surface area contributed by atoms with Gasteiger partial charge in [-0.25, -0.2) is 4.98 Å². The lowest BCUT2D eigenvalue weighted by Crippen LogP contribution is -2.14. The molecule has 0 atom stereocenters. The van der Waals surface area contributed by atoms with Gasteiger partial charge in [-0.1, -0.05) is 103 Å². The van der Waals surface area contributed by atoms with E-state index in [1.807, 2.05) is 36.4 Å². The maximum Gasteiger partial charge on any atom is 0.227 e. The van der Waals surface area contributed by atoms with E-state index < -0.39 is 0 Å². The summed E-state index contributed by atoms with van der Waals surface area (Å²) >= 11 is 0. The highest BCUT2D eigenvalue weighted by Crippen LogP contribution is 2.46. The van der Waals surface area contributed by atoms with Crippen LogP contribution in [0.4, 0.5) is 34.1 Å². The summed E-state index contributed by atoms with van der Waals surface area (Å²) in [5.41, 5.74) is 8.83. The lowest BCUT2D eigenvalue weighted by molar-refractivity contribution is 0.620. The molecule has 0 radical (unpaired) electrons. The molecule has 0 aliphatic rings. The van der Waals surface area contributed by atoms with Gasteiger partial charge in [0, 0.05) is 44.8 Å². The largest absolute Gasteiger partial charge is 0.436 e. The summed E-state index contributed by atoms with van der Waals surface area (Å²) in [7, 11) is 0. The molecule has 0 N–H and O–H groups in total. The number of anilines is 6. The summed E-state index contributed by atoms with van der Waals surface area (Å²) < 4.78 is 6.41. The van der Waals surface area contributed by atoms with E-state index in [2.05, 4.69) is 161 Å². The molecule has 9 aromatic rings. The van der Waals surface area contributed by atoms with Crippen molar-refractivity contribution >= 4 is 66.8 Å². The topological polar surface area (TPSA) is 32.5 Å². The molecule has 4 nitrogen and oxygen atoms in total. The Kier molecular flexibility index (Phi) is 7.10. The molecule has 232 valence electrons. The van der Waals surface area contributed by atoms with Crippen LogP contribution < -0.4 is 9.80 Å². The van der Waals surface area contributed by atoms with Crippen LogP contribution in [0.1, 0.15) is 0 Å². The van der Waals surface area contributed by atoms with Crippen LogP contribution in [0, 0.1) is 0 Å². The van der Waals surface area contributed by atoms with E-state index in [1.54, 1.807) is 0 Å². The molecule has 0 saturated carbocycles. The molecule has 0 aliphatic carbocycles. The molecular formula is C45H31N3O. The quantitative estimate of drug-likeness (QED) is 0.176. The van der Waals surface area contributed by atoms with Gasteiger partial charge in [-0.15, -0.1) is 0 Å². The van der Waals surface area contributed by atoms with Crippen LogP contribution in [0.2, 0.25) is 0 Å². The highest BCUT2D eigenvalue weighted by molar-refractivity contribution is 6.12. The van der Waals surface area contributed by atoms with Gasteiger partial charge in [0.15, 0.2) is 5.58 Å². The highest BCUT2D eigenvalue weighted by Gasteiger charge is 2.22. The standard InChI is InChI=1S/C45H31N3O/c1-5-16-33(17-6-1)45-46-44-41-30-39(47(35-19-7-2-8-20-35)38-26-25-32-15-13-14-18-34(32)29-38)31-42(40(41)27-28-43(44)49-45)48(36-21-9-3-10-22-36)37-23-11-4-12-24-37/h1-31H. The third kappa shape index (κ3) is 5.26. The van der Waals surface area contributed by atoms with Crippen LogP contribution in [-0.2, 0) is 0 Å². The van der Waals surface area contributed by atoms with Crippen molar-refractivity contribution in [2.24, 2.45) is 0 Å². The number of para-hydroxylation sites is 3. The van der Waals surface area contributed by atoms with Gasteiger partial charge in [-0.2, -0.15) is 0 Å². The summed E-state index contributed by atoms with van der Waals surface area (Å²) in [6.45, 7) is 0. The smallest absolute Gasteiger partial charge is 0.227 e. The van der Waals surface area contributed by atoms with Crippen LogP contribution in [-0.4, -0.2) is 4.98 Å². The van der Waals surface area contributed by atoms with Gasteiger partial charge in [0.25, 0.3) is 0 Å². The number of hydrogen-bond acceptors (Lipinski definition) is 4. The van der Waals surface area contributed by atoms with Gasteiger partial charge in [-0.3, -0.25) is 0 Å². The van der Waals surface area contributed by atoms with Crippen molar-refractivity contribution in [3.63, 3.8) is 0 Å². The highest BCUT2D eigenvalue weighted by atomic mass is 16.3. The fourth-order valence-corrected chi connectivity index (χ4v) is 6.73. The van der Waals surface area contributed by atoms with Gasteiger partial charge < -0.3 is 14.2 Å². The Hall–Kier alpha value is -6.65. The van der Waals surface area contributed by atoms with Crippen LogP contribution >= 0.6 is 0 Å². The fourth-order valence-electron chi connectivity index (χ4n) is 6.73. The number of benzene rings is 8. The molecule has 8 aromatic carbocycles. The van der Waals surface area contributed by atoms with E-state index in [9.17, 15) is 0 Å². The van der Waals surface area contributed by atoms with E-state index >= 15 is 0 Å². The Labute approximate surface area is 284 Å². The zero-order valence-corrected chi connectivity index (χ0v) is 26.6. The molecule has 4 heteroatoms. The average Bonchev–Trinajstić information content (AvgIpc) is 3.62. The fraction of sp³-hybridized carbons (Fsp3) is 0. The molecule has 0 spiro atoms. The van der Waals surface area contributed by atoms with Gasteiger partial charge in [0.05, 0.1) is 5.69 Å². The van der Waals surface area contributed by atoms with Gasteiger partial charge in [-0.05, 0) is 95.7 Å². The second kappa shape index (κ2) is 12.2. The average molecular weight is 630 g/mol. The van der Waals surface area contributed by atoms with Crippen molar-refractivity contribution in [2.45, 2.75) is 0 Å². The number of fused-ring (bicyclic) bond motifs is 4. The first-order chi connectivity index (χ1) is 24.3. The molecule has 9 rings (SSSR count). The lowest BCUT2D eigenvalue weighted by Gasteiger charge is -2.30. The maximum atomic E-state index is 6.41. The Bertz CT molecular complexity index is 2510. The molecule has 0 aliphatic heterocycles. The minimum atomic E-state index is 0.604. The minimum Gasteiger partial charge on any atom is -0.436 e.